The average molecular weight is 521 g/mol. The number of anilines is 1. The van der Waals surface area contributed by atoms with Crippen molar-refractivity contribution in [3.63, 3.8) is 0 Å². The predicted molar refractivity (Wildman–Crippen MR) is 145 cm³/mol. The molecular weight excluding hydrogens is 496 g/mol. The van der Waals surface area contributed by atoms with E-state index in [1.165, 1.54) is 50.3 Å². The maximum absolute atomic E-state index is 13.5. The molecule has 36 heavy (non-hydrogen) atoms. The molecule has 0 aliphatic carbocycles. The Morgan fingerprint density at radius 3 is 2.42 bits per heavy atom. The first-order chi connectivity index (χ1) is 17.3. The number of nitrogens with zero attached hydrogens (tertiary/aromatic N) is 1. The van der Waals surface area contributed by atoms with Crippen LogP contribution in [0, 0.1) is 0 Å². The van der Waals surface area contributed by atoms with Crippen LogP contribution in [-0.2, 0) is 10.0 Å². The third-order valence-electron chi connectivity index (χ3n) is 5.47. The second kappa shape index (κ2) is 10.3. The highest BCUT2D eigenvalue weighted by molar-refractivity contribution is 7.99. The Bertz CT molecular complexity index is 1580. The molecule has 0 atom stereocenters. The van der Waals surface area contributed by atoms with Crippen molar-refractivity contribution in [2.75, 3.05) is 18.9 Å². The molecule has 4 aromatic rings. The number of phenolic OH excluding ortho intramolecular Hbond substituents is 1. The molecule has 0 spiro atoms. The monoisotopic (exact) mass is 520 g/mol. The number of rotatable bonds is 9. The van der Waals surface area contributed by atoms with Crippen molar-refractivity contribution in [1.29, 1.82) is 0 Å². The van der Waals surface area contributed by atoms with Crippen LogP contribution in [-0.4, -0.2) is 32.7 Å². The summed E-state index contributed by atoms with van der Waals surface area (Å²) in [6.45, 7) is 7.61. The molecule has 7 nitrogen and oxygen atoms in total. The number of fused-ring (bicyclic) bond motifs is 1. The first-order valence-corrected chi connectivity index (χ1v) is 13.0. The zero-order chi connectivity index (χ0) is 25.9. The normalized spacial score (nSPS) is 11.2. The summed E-state index contributed by atoms with van der Waals surface area (Å²) in [5.74, 6) is 0.472. The van der Waals surface area contributed by atoms with Crippen molar-refractivity contribution in [2.45, 2.75) is 14.7 Å². The van der Waals surface area contributed by atoms with Gasteiger partial charge >= 0.3 is 0 Å². The maximum atomic E-state index is 13.5. The molecule has 0 bridgehead atoms. The van der Waals surface area contributed by atoms with Crippen molar-refractivity contribution in [3.8, 4) is 17.2 Å². The Hall–Kier alpha value is -3.95. The van der Waals surface area contributed by atoms with Gasteiger partial charge in [-0.2, -0.15) is 0 Å². The summed E-state index contributed by atoms with van der Waals surface area (Å²) >= 11 is 1.27. The first kappa shape index (κ1) is 25.2. The van der Waals surface area contributed by atoms with Gasteiger partial charge in [0.2, 0.25) is 0 Å². The molecule has 0 fully saturated rings. The molecule has 0 saturated carbocycles. The lowest BCUT2D eigenvalue weighted by Gasteiger charge is -2.18. The largest absolute Gasteiger partial charge is 0.506 e. The standard InChI is InChI=1S/C27H24N2O5S2/c1-5-19-20(6-2)27(30)24(35-23-11-7-9-17-10-8-14-28-26(17)23)16-21(19)29-36(31,32)25-15-18(33-3)12-13-22(25)34-4/h5-16,29-30H,1-2H2,3-4H3. The van der Waals surface area contributed by atoms with Crippen LogP contribution in [0.1, 0.15) is 11.1 Å². The van der Waals surface area contributed by atoms with Crippen LogP contribution in [0.2, 0.25) is 0 Å². The summed E-state index contributed by atoms with van der Waals surface area (Å²) < 4.78 is 40.0. The van der Waals surface area contributed by atoms with Gasteiger partial charge in [-0.25, -0.2) is 8.42 Å². The second-order valence-corrected chi connectivity index (χ2v) is 10.3. The summed E-state index contributed by atoms with van der Waals surface area (Å²) in [6.07, 6.45) is 4.62. The molecule has 0 amide bonds. The zero-order valence-electron chi connectivity index (χ0n) is 19.7. The number of sulfonamides is 1. The highest BCUT2D eigenvalue weighted by atomic mass is 32.2. The van der Waals surface area contributed by atoms with Gasteiger partial charge in [0.25, 0.3) is 10.0 Å². The SMILES string of the molecule is C=Cc1c(NS(=O)(=O)c2cc(OC)ccc2OC)cc(Sc2cccc3cccnc23)c(O)c1C=C. The Morgan fingerprint density at radius 2 is 1.72 bits per heavy atom. The summed E-state index contributed by atoms with van der Waals surface area (Å²) in [4.78, 5) is 5.59. The van der Waals surface area contributed by atoms with Crippen molar-refractivity contribution in [2.24, 2.45) is 0 Å². The van der Waals surface area contributed by atoms with Crippen LogP contribution in [0.15, 0.2) is 88.6 Å². The molecular formula is C27H24N2O5S2. The van der Waals surface area contributed by atoms with Gasteiger partial charge in [-0.05, 0) is 30.3 Å². The van der Waals surface area contributed by atoms with E-state index in [4.69, 9.17) is 9.47 Å². The summed E-state index contributed by atoms with van der Waals surface area (Å²) in [7, 11) is -1.29. The van der Waals surface area contributed by atoms with Crippen molar-refractivity contribution in [3.05, 3.63) is 85.1 Å². The second-order valence-electron chi connectivity index (χ2n) is 7.56. The fourth-order valence-electron chi connectivity index (χ4n) is 3.74. The van der Waals surface area contributed by atoms with E-state index in [0.717, 1.165) is 15.8 Å². The minimum atomic E-state index is -4.12. The van der Waals surface area contributed by atoms with Crippen LogP contribution >= 0.6 is 11.8 Å². The molecule has 1 heterocycles. The lowest BCUT2D eigenvalue weighted by Crippen LogP contribution is -2.15. The van der Waals surface area contributed by atoms with Gasteiger partial charge in [-0.3, -0.25) is 9.71 Å². The van der Waals surface area contributed by atoms with Crippen molar-refractivity contribution >= 4 is 50.5 Å². The van der Waals surface area contributed by atoms with Crippen molar-refractivity contribution in [1.82, 2.24) is 4.98 Å². The number of pyridine rings is 1. The molecule has 2 N–H and O–H groups in total. The summed E-state index contributed by atoms with van der Waals surface area (Å²) in [6, 6.07) is 15.6. The smallest absolute Gasteiger partial charge is 0.265 e. The highest BCUT2D eigenvalue weighted by Crippen LogP contribution is 2.44. The fourth-order valence-corrected chi connectivity index (χ4v) is 6.03. The molecule has 3 aromatic carbocycles. The van der Waals surface area contributed by atoms with E-state index in [-0.39, 0.29) is 22.1 Å². The fraction of sp³-hybridized carbons (Fsp3) is 0.0741. The molecule has 0 unspecified atom stereocenters. The van der Waals surface area contributed by atoms with Gasteiger partial charge in [0.1, 0.15) is 22.1 Å². The van der Waals surface area contributed by atoms with Crippen molar-refractivity contribution < 1.29 is 23.0 Å². The highest BCUT2D eigenvalue weighted by Gasteiger charge is 2.24. The molecule has 184 valence electrons. The number of phenols is 1. The average Bonchev–Trinajstić information content (AvgIpc) is 2.89. The lowest BCUT2D eigenvalue weighted by molar-refractivity contribution is 0.392. The Kier molecular flexibility index (Phi) is 7.23. The van der Waals surface area contributed by atoms with Crippen LogP contribution in [0.25, 0.3) is 23.1 Å². The van der Waals surface area contributed by atoms with Gasteiger partial charge in [-0.15, -0.1) is 0 Å². The van der Waals surface area contributed by atoms with Gasteiger partial charge in [0, 0.05) is 33.7 Å². The molecule has 0 radical (unpaired) electrons. The number of hydrogen-bond acceptors (Lipinski definition) is 7. The van der Waals surface area contributed by atoms with E-state index in [0.29, 0.717) is 21.8 Å². The third-order valence-corrected chi connectivity index (χ3v) is 7.94. The number of nitrogens with one attached hydrogen (secondary N) is 1. The maximum Gasteiger partial charge on any atom is 0.265 e. The third kappa shape index (κ3) is 4.75. The van der Waals surface area contributed by atoms with Crippen LogP contribution in [0.3, 0.4) is 0 Å². The summed E-state index contributed by atoms with van der Waals surface area (Å²) in [5, 5.41) is 12.0. The number of methoxy groups -OCH3 is 2. The van der Waals surface area contributed by atoms with Gasteiger partial charge < -0.3 is 14.6 Å². The minimum absolute atomic E-state index is 0.0419. The number of ether oxygens (including phenoxy) is 2. The number of aromatic hydroxyl groups is 1. The lowest BCUT2D eigenvalue weighted by atomic mass is 10.0. The number of aromatic nitrogens is 1. The zero-order valence-corrected chi connectivity index (χ0v) is 21.3. The molecule has 9 heteroatoms. The van der Waals surface area contributed by atoms with E-state index >= 15 is 0 Å². The Labute approximate surface area is 214 Å². The van der Waals surface area contributed by atoms with E-state index in [1.54, 1.807) is 18.3 Å². The van der Waals surface area contributed by atoms with Crippen LogP contribution in [0.4, 0.5) is 5.69 Å². The van der Waals surface area contributed by atoms with E-state index in [1.807, 2.05) is 30.3 Å². The molecule has 4 rings (SSSR count). The Balaban J connectivity index is 1.85. The molecule has 0 saturated heterocycles. The van der Waals surface area contributed by atoms with E-state index in [2.05, 4.69) is 22.9 Å². The van der Waals surface area contributed by atoms with Crippen LogP contribution in [0.5, 0.6) is 17.2 Å². The van der Waals surface area contributed by atoms with Crippen LogP contribution < -0.4 is 14.2 Å². The van der Waals surface area contributed by atoms with Gasteiger partial charge in [-0.1, -0.05) is 55.3 Å². The van der Waals surface area contributed by atoms with Gasteiger partial charge in [0.15, 0.2) is 0 Å². The molecule has 1 aromatic heterocycles. The van der Waals surface area contributed by atoms with E-state index < -0.39 is 10.0 Å². The number of para-hydroxylation sites is 1. The number of benzene rings is 3. The minimum Gasteiger partial charge on any atom is -0.506 e. The quantitative estimate of drug-likeness (QED) is 0.254. The first-order valence-electron chi connectivity index (χ1n) is 10.7. The molecule has 0 aliphatic heterocycles. The van der Waals surface area contributed by atoms with E-state index in [9.17, 15) is 13.5 Å². The Morgan fingerprint density at radius 1 is 0.972 bits per heavy atom. The molecule has 0 aliphatic rings. The topological polar surface area (TPSA) is 97.8 Å². The van der Waals surface area contributed by atoms with Gasteiger partial charge in [0.05, 0.1) is 30.3 Å². The summed E-state index contributed by atoms with van der Waals surface area (Å²) in [5.41, 5.74) is 1.71. The predicted octanol–water partition coefficient (Wildman–Crippen LogP) is 6.20. The number of hydrogen-bond donors (Lipinski definition) is 2.